The number of nitrogens with zero attached hydrogens (tertiary/aromatic N) is 1. The fourth-order valence-electron chi connectivity index (χ4n) is 2.44. The van der Waals surface area contributed by atoms with Crippen molar-refractivity contribution < 1.29 is 19.0 Å². The number of anilines is 1. The SMILES string of the molecule is CNc1c(F)cccc1C(=O)N1CC(C)OC(CO)C1. The lowest BCUT2D eigenvalue weighted by Gasteiger charge is -2.36. The molecule has 1 heterocycles. The summed E-state index contributed by atoms with van der Waals surface area (Å²) in [6, 6.07) is 4.41. The number of ether oxygens (including phenoxy) is 1. The Kier molecular flexibility index (Phi) is 4.57. The number of hydrogen-bond donors (Lipinski definition) is 2. The Morgan fingerprint density at radius 1 is 1.55 bits per heavy atom. The van der Waals surface area contributed by atoms with E-state index in [4.69, 9.17) is 4.74 Å². The Labute approximate surface area is 117 Å². The number of benzene rings is 1. The first-order chi connectivity index (χ1) is 9.56. The average molecular weight is 282 g/mol. The van der Waals surface area contributed by atoms with E-state index in [0.29, 0.717) is 18.7 Å². The van der Waals surface area contributed by atoms with Crippen LogP contribution in [0.4, 0.5) is 10.1 Å². The normalized spacial score (nSPS) is 22.7. The number of aliphatic hydroxyl groups is 1. The summed E-state index contributed by atoms with van der Waals surface area (Å²) in [4.78, 5) is 14.1. The van der Waals surface area contributed by atoms with Gasteiger partial charge in [-0.25, -0.2) is 4.39 Å². The summed E-state index contributed by atoms with van der Waals surface area (Å²) in [5.41, 5.74) is 0.482. The minimum atomic E-state index is -0.460. The first-order valence-corrected chi connectivity index (χ1v) is 6.58. The van der Waals surface area contributed by atoms with E-state index in [-0.39, 0.29) is 24.3 Å². The van der Waals surface area contributed by atoms with Gasteiger partial charge in [0.15, 0.2) is 0 Å². The van der Waals surface area contributed by atoms with Gasteiger partial charge in [0, 0.05) is 20.1 Å². The van der Waals surface area contributed by atoms with Crippen molar-refractivity contribution >= 4 is 11.6 Å². The highest BCUT2D eigenvalue weighted by Crippen LogP contribution is 2.22. The second-order valence-corrected chi connectivity index (χ2v) is 4.87. The number of carbonyl (C=O) groups excluding carboxylic acids is 1. The molecule has 0 bridgehead atoms. The molecule has 1 fully saturated rings. The predicted molar refractivity (Wildman–Crippen MR) is 73.3 cm³/mol. The Morgan fingerprint density at radius 3 is 2.95 bits per heavy atom. The largest absolute Gasteiger partial charge is 0.394 e. The van der Waals surface area contributed by atoms with Crippen molar-refractivity contribution in [1.29, 1.82) is 0 Å². The van der Waals surface area contributed by atoms with Gasteiger partial charge in [-0.2, -0.15) is 0 Å². The lowest BCUT2D eigenvalue weighted by atomic mass is 10.1. The molecule has 5 nitrogen and oxygen atoms in total. The van der Waals surface area contributed by atoms with Crippen LogP contribution in [-0.2, 0) is 4.74 Å². The van der Waals surface area contributed by atoms with Gasteiger partial charge in [0.1, 0.15) is 5.82 Å². The van der Waals surface area contributed by atoms with Gasteiger partial charge in [-0.15, -0.1) is 0 Å². The van der Waals surface area contributed by atoms with Crippen molar-refractivity contribution in [2.45, 2.75) is 19.1 Å². The van der Waals surface area contributed by atoms with Crippen LogP contribution in [0.2, 0.25) is 0 Å². The fourth-order valence-corrected chi connectivity index (χ4v) is 2.44. The monoisotopic (exact) mass is 282 g/mol. The molecule has 1 aliphatic heterocycles. The van der Waals surface area contributed by atoms with Crippen molar-refractivity contribution in [3.8, 4) is 0 Å². The molecule has 2 rings (SSSR count). The topological polar surface area (TPSA) is 61.8 Å². The molecule has 0 radical (unpaired) electrons. The second kappa shape index (κ2) is 6.19. The minimum Gasteiger partial charge on any atom is -0.394 e. The number of rotatable bonds is 3. The Balaban J connectivity index is 2.25. The van der Waals surface area contributed by atoms with Gasteiger partial charge in [-0.3, -0.25) is 4.79 Å². The van der Waals surface area contributed by atoms with Crippen LogP contribution in [0, 0.1) is 5.82 Å². The molecule has 1 aromatic rings. The molecular formula is C14H19FN2O3. The van der Waals surface area contributed by atoms with Crippen LogP contribution >= 0.6 is 0 Å². The summed E-state index contributed by atoms with van der Waals surface area (Å²) in [6.45, 7) is 2.43. The van der Waals surface area contributed by atoms with Crippen molar-refractivity contribution in [1.82, 2.24) is 4.90 Å². The summed E-state index contributed by atoms with van der Waals surface area (Å²) in [5.74, 6) is -0.721. The summed E-state index contributed by atoms with van der Waals surface area (Å²) < 4.78 is 19.2. The molecule has 2 atom stereocenters. The number of nitrogens with one attached hydrogen (secondary N) is 1. The smallest absolute Gasteiger partial charge is 0.256 e. The molecule has 6 heteroatoms. The van der Waals surface area contributed by atoms with Crippen LogP contribution in [0.3, 0.4) is 0 Å². The third-order valence-electron chi connectivity index (χ3n) is 3.31. The van der Waals surface area contributed by atoms with Crippen molar-refractivity contribution in [3.05, 3.63) is 29.6 Å². The lowest BCUT2D eigenvalue weighted by molar-refractivity contribution is -0.0858. The van der Waals surface area contributed by atoms with Crippen LogP contribution in [0.25, 0.3) is 0 Å². The van der Waals surface area contributed by atoms with Gasteiger partial charge in [-0.05, 0) is 19.1 Å². The highest BCUT2D eigenvalue weighted by molar-refractivity contribution is 5.99. The summed E-state index contributed by atoms with van der Waals surface area (Å²) >= 11 is 0. The predicted octanol–water partition coefficient (Wildman–Crippen LogP) is 1.09. The Morgan fingerprint density at radius 2 is 2.30 bits per heavy atom. The van der Waals surface area contributed by atoms with Gasteiger partial charge >= 0.3 is 0 Å². The van der Waals surface area contributed by atoms with Crippen molar-refractivity contribution in [3.63, 3.8) is 0 Å². The van der Waals surface area contributed by atoms with Crippen LogP contribution in [0.1, 0.15) is 17.3 Å². The Hall–Kier alpha value is -1.66. The molecule has 1 amide bonds. The third kappa shape index (κ3) is 2.91. The molecule has 0 aliphatic carbocycles. The molecular weight excluding hydrogens is 263 g/mol. The van der Waals surface area contributed by atoms with E-state index in [2.05, 4.69) is 5.32 Å². The van der Waals surface area contributed by atoms with Gasteiger partial charge in [0.05, 0.1) is 30.1 Å². The fraction of sp³-hybridized carbons (Fsp3) is 0.500. The number of aliphatic hydroxyl groups excluding tert-OH is 1. The van der Waals surface area contributed by atoms with Gasteiger partial charge in [0.2, 0.25) is 0 Å². The van der Waals surface area contributed by atoms with Crippen LogP contribution in [-0.4, -0.2) is 54.9 Å². The Bertz CT molecular complexity index is 495. The zero-order valence-corrected chi connectivity index (χ0v) is 11.6. The van der Waals surface area contributed by atoms with Crippen LogP contribution in [0.5, 0.6) is 0 Å². The summed E-state index contributed by atoms with van der Waals surface area (Å²) in [5, 5.41) is 11.9. The van der Waals surface area contributed by atoms with Gasteiger partial charge < -0.3 is 20.1 Å². The molecule has 1 aromatic carbocycles. The van der Waals surface area contributed by atoms with E-state index in [0.717, 1.165) is 0 Å². The van der Waals surface area contributed by atoms with Crippen molar-refractivity contribution in [2.75, 3.05) is 32.1 Å². The van der Waals surface area contributed by atoms with Crippen LogP contribution in [0.15, 0.2) is 18.2 Å². The molecule has 0 saturated carbocycles. The first kappa shape index (κ1) is 14.7. The molecule has 0 aromatic heterocycles. The second-order valence-electron chi connectivity index (χ2n) is 4.87. The quantitative estimate of drug-likeness (QED) is 0.871. The number of hydrogen-bond acceptors (Lipinski definition) is 4. The highest BCUT2D eigenvalue weighted by Gasteiger charge is 2.29. The third-order valence-corrected chi connectivity index (χ3v) is 3.31. The zero-order chi connectivity index (χ0) is 14.7. The number of amides is 1. The number of para-hydroxylation sites is 1. The van der Waals surface area contributed by atoms with E-state index < -0.39 is 11.9 Å². The number of carbonyl (C=O) groups is 1. The molecule has 2 N–H and O–H groups in total. The number of morpholine rings is 1. The van der Waals surface area contributed by atoms with Crippen molar-refractivity contribution in [2.24, 2.45) is 0 Å². The first-order valence-electron chi connectivity index (χ1n) is 6.58. The molecule has 2 unspecified atom stereocenters. The zero-order valence-electron chi connectivity index (χ0n) is 11.6. The van der Waals surface area contributed by atoms with E-state index in [1.54, 1.807) is 18.0 Å². The van der Waals surface area contributed by atoms with E-state index in [9.17, 15) is 14.3 Å². The minimum absolute atomic E-state index is 0.143. The van der Waals surface area contributed by atoms with E-state index in [1.165, 1.54) is 12.1 Å². The van der Waals surface area contributed by atoms with E-state index in [1.807, 2.05) is 6.92 Å². The molecule has 1 saturated heterocycles. The molecule has 20 heavy (non-hydrogen) atoms. The maximum Gasteiger partial charge on any atom is 0.256 e. The van der Waals surface area contributed by atoms with Gasteiger partial charge in [0.25, 0.3) is 5.91 Å². The standard InChI is InChI=1S/C14H19FN2O3/c1-9-6-17(7-10(8-18)20-9)14(19)11-4-3-5-12(15)13(11)16-2/h3-5,9-10,16,18H,6-8H2,1-2H3. The van der Waals surface area contributed by atoms with E-state index >= 15 is 0 Å². The maximum atomic E-state index is 13.7. The highest BCUT2D eigenvalue weighted by atomic mass is 19.1. The molecule has 110 valence electrons. The average Bonchev–Trinajstić information content (AvgIpc) is 2.45. The van der Waals surface area contributed by atoms with Gasteiger partial charge in [-0.1, -0.05) is 6.07 Å². The maximum absolute atomic E-state index is 13.7. The number of halogens is 1. The summed E-state index contributed by atoms with van der Waals surface area (Å²) in [6.07, 6.45) is -0.550. The molecule has 1 aliphatic rings. The molecule has 0 spiro atoms. The summed E-state index contributed by atoms with van der Waals surface area (Å²) in [7, 11) is 1.58. The lowest BCUT2D eigenvalue weighted by Crippen LogP contribution is -2.50. The van der Waals surface area contributed by atoms with Crippen LogP contribution < -0.4 is 5.32 Å².